The lowest BCUT2D eigenvalue weighted by atomic mass is 10.2. The largest absolute Gasteiger partial charge is 0.416 e. The Morgan fingerprint density at radius 1 is 1.13 bits per heavy atom. The first-order chi connectivity index (χ1) is 14.3. The van der Waals surface area contributed by atoms with Gasteiger partial charge in [0.05, 0.1) is 21.8 Å². The monoisotopic (exact) mass is 434 g/mol. The van der Waals surface area contributed by atoms with E-state index in [0.29, 0.717) is 16.7 Å². The van der Waals surface area contributed by atoms with Crippen molar-refractivity contribution >= 4 is 39.9 Å². The molecule has 0 unspecified atom stereocenters. The number of pyridine rings is 1. The summed E-state index contributed by atoms with van der Waals surface area (Å²) < 4.78 is 41.8. The normalized spacial score (nSPS) is 11.9. The number of aryl methyl sites for hydroxylation is 1. The van der Waals surface area contributed by atoms with Crippen LogP contribution < -0.4 is 10.9 Å². The van der Waals surface area contributed by atoms with E-state index in [2.05, 4.69) is 10.3 Å². The maximum atomic E-state index is 12.9. The average molecular weight is 435 g/mol. The molecule has 0 aliphatic carbocycles. The molecule has 0 saturated carbocycles. The number of carbonyl (C=O) groups is 1. The second kappa shape index (κ2) is 7.49. The number of anilines is 1. The molecule has 4 rings (SSSR count). The Labute approximate surface area is 172 Å². The van der Waals surface area contributed by atoms with Crippen LogP contribution in [0, 0.1) is 0 Å². The molecule has 1 amide bonds. The third-order valence-corrected chi connectivity index (χ3v) is 4.95. The highest BCUT2D eigenvalue weighted by Gasteiger charge is 2.31. The maximum Gasteiger partial charge on any atom is 0.416 e. The summed E-state index contributed by atoms with van der Waals surface area (Å²) in [6.07, 6.45) is -1.44. The molecule has 6 nitrogen and oxygen atoms in total. The summed E-state index contributed by atoms with van der Waals surface area (Å²) in [6.45, 7) is -0.00353. The third-order valence-electron chi connectivity index (χ3n) is 4.62. The van der Waals surface area contributed by atoms with Crippen LogP contribution >= 0.6 is 11.6 Å². The molecule has 0 bridgehead atoms. The van der Waals surface area contributed by atoms with Gasteiger partial charge >= 0.3 is 6.18 Å². The topological polar surface area (TPSA) is 68.4 Å². The summed E-state index contributed by atoms with van der Waals surface area (Å²) in [7, 11) is 0. The van der Waals surface area contributed by atoms with E-state index in [1.54, 1.807) is 34.9 Å². The van der Waals surface area contributed by atoms with E-state index < -0.39 is 17.6 Å². The van der Waals surface area contributed by atoms with Crippen LogP contribution in [0.1, 0.15) is 12.0 Å². The van der Waals surface area contributed by atoms with Gasteiger partial charge in [0.2, 0.25) is 5.91 Å². The lowest BCUT2D eigenvalue weighted by Gasteiger charge is -2.13. The summed E-state index contributed by atoms with van der Waals surface area (Å²) in [5.74, 6) is -0.581. The molecule has 0 aliphatic heterocycles. The van der Waals surface area contributed by atoms with Gasteiger partial charge in [-0.2, -0.15) is 13.2 Å². The van der Waals surface area contributed by atoms with Gasteiger partial charge in [0.25, 0.3) is 5.56 Å². The number of hydrogen-bond donors (Lipinski definition) is 1. The molecule has 0 aliphatic rings. The number of nitrogens with one attached hydrogen (secondary N) is 1. The summed E-state index contributed by atoms with van der Waals surface area (Å²) in [5, 5.41) is 2.36. The van der Waals surface area contributed by atoms with Crippen molar-refractivity contribution in [3.05, 3.63) is 75.8 Å². The predicted molar refractivity (Wildman–Crippen MR) is 107 cm³/mol. The van der Waals surface area contributed by atoms with Crippen molar-refractivity contribution in [2.24, 2.45) is 0 Å². The van der Waals surface area contributed by atoms with Gasteiger partial charge in [0, 0.05) is 25.4 Å². The predicted octanol–water partition coefficient (Wildman–Crippen LogP) is 4.35. The van der Waals surface area contributed by atoms with E-state index in [-0.39, 0.29) is 29.2 Å². The Bertz CT molecular complexity index is 1330. The van der Waals surface area contributed by atoms with E-state index in [4.69, 9.17) is 11.6 Å². The van der Waals surface area contributed by atoms with Crippen LogP contribution in [0.5, 0.6) is 0 Å². The molecule has 4 aromatic rings. The zero-order valence-corrected chi connectivity index (χ0v) is 16.0. The van der Waals surface area contributed by atoms with Crippen LogP contribution in [0.4, 0.5) is 18.9 Å². The molecule has 30 heavy (non-hydrogen) atoms. The van der Waals surface area contributed by atoms with Gasteiger partial charge in [-0.1, -0.05) is 11.6 Å². The Morgan fingerprint density at radius 3 is 2.67 bits per heavy atom. The fourth-order valence-electron chi connectivity index (χ4n) is 3.22. The molecule has 1 aromatic carbocycles. The highest BCUT2D eigenvalue weighted by Crippen LogP contribution is 2.33. The number of alkyl halides is 3. The van der Waals surface area contributed by atoms with E-state index in [1.165, 1.54) is 10.8 Å². The molecule has 154 valence electrons. The van der Waals surface area contributed by atoms with Gasteiger partial charge < -0.3 is 9.72 Å². The number of halogens is 4. The van der Waals surface area contributed by atoms with Crippen LogP contribution in [-0.4, -0.2) is 19.9 Å². The standard InChI is InChI=1S/C20H14ClF3N4O2/c21-13-6-5-12(20(22,23)24)11-14(13)26-17(29)7-10-28-18-15(3-1-8-25-18)27-9-2-4-16(27)19(28)30/h1-6,8-9,11H,7,10H2,(H,26,29). The smallest absolute Gasteiger partial charge is 0.325 e. The molecule has 1 N–H and O–H groups in total. The van der Waals surface area contributed by atoms with E-state index in [9.17, 15) is 22.8 Å². The number of fused-ring (bicyclic) bond motifs is 3. The van der Waals surface area contributed by atoms with Crippen molar-refractivity contribution in [1.82, 2.24) is 14.0 Å². The molecule has 3 heterocycles. The van der Waals surface area contributed by atoms with Crippen molar-refractivity contribution in [3.8, 4) is 0 Å². The van der Waals surface area contributed by atoms with Crippen molar-refractivity contribution in [2.75, 3.05) is 5.32 Å². The van der Waals surface area contributed by atoms with Crippen LogP contribution in [0.15, 0.2) is 59.7 Å². The number of hydrogen-bond acceptors (Lipinski definition) is 3. The molecular formula is C20H14ClF3N4O2. The van der Waals surface area contributed by atoms with Gasteiger partial charge in [-0.15, -0.1) is 0 Å². The number of carbonyl (C=O) groups excluding carboxylic acids is 1. The number of nitrogens with zero attached hydrogens (tertiary/aromatic N) is 3. The van der Waals surface area contributed by atoms with Crippen LogP contribution in [-0.2, 0) is 17.5 Å². The van der Waals surface area contributed by atoms with E-state index >= 15 is 0 Å². The fraction of sp³-hybridized carbons (Fsp3) is 0.150. The van der Waals surface area contributed by atoms with Gasteiger partial charge in [-0.3, -0.25) is 14.2 Å². The van der Waals surface area contributed by atoms with E-state index in [0.717, 1.165) is 18.2 Å². The van der Waals surface area contributed by atoms with Crippen molar-refractivity contribution < 1.29 is 18.0 Å². The Hall–Kier alpha value is -3.33. The summed E-state index contributed by atoms with van der Waals surface area (Å²) in [6, 6.07) is 9.61. The molecule has 0 radical (unpaired) electrons. The van der Waals surface area contributed by atoms with Crippen molar-refractivity contribution in [3.63, 3.8) is 0 Å². The molecule has 10 heteroatoms. The first-order valence-electron chi connectivity index (χ1n) is 8.87. The zero-order valence-electron chi connectivity index (χ0n) is 15.3. The van der Waals surface area contributed by atoms with Crippen LogP contribution in [0.2, 0.25) is 5.02 Å². The molecular weight excluding hydrogens is 421 g/mol. The maximum absolute atomic E-state index is 12.9. The van der Waals surface area contributed by atoms with Crippen LogP contribution in [0.25, 0.3) is 16.7 Å². The molecule has 0 atom stereocenters. The minimum atomic E-state index is -4.56. The Kier molecular flexibility index (Phi) is 4.98. The number of rotatable bonds is 4. The van der Waals surface area contributed by atoms with Gasteiger partial charge in [0.15, 0.2) is 5.65 Å². The van der Waals surface area contributed by atoms with E-state index in [1.807, 2.05) is 0 Å². The molecule has 0 fully saturated rings. The first-order valence-corrected chi connectivity index (χ1v) is 9.25. The lowest BCUT2D eigenvalue weighted by molar-refractivity contribution is -0.137. The van der Waals surface area contributed by atoms with Gasteiger partial charge in [0.1, 0.15) is 5.52 Å². The quantitative estimate of drug-likeness (QED) is 0.519. The second-order valence-electron chi connectivity index (χ2n) is 6.56. The minimum Gasteiger partial charge on any atom is -0.325 e. The SMILES string of the molecule is O=C(CCn1c(=O)c2cccn2c2cccnc21)Nc1cc(C(F)(F)F)ccc1Cl. The summed E-state index contributed by atoms with van der Waals surface area (Å²) in [4.78, 5) is 29.4. The van der Waals surface area contributed by atoms with Crippen molar-refractivity contribution in [1.29, 1.82) is 0 Å². The highest BCUT2D eigenvalue weighted by atomic mass is 35.5. The van der Waals surface area contributed by atoms with Crippen molar-refractivity contribution in [2.45, 2.75) is 19.1 Å². The fourth-order valence-corrected chi connectivity index (χ4v) is 3.38. The average Bonchev–Trinajstić information content (AvgIpc) is 3.19. The molecule has 3 aromatic heterocycles. The summed E-state index contributed by atoms with van der Waals surface area (Å²) >= 11 is 5.91. The minimum absolute atomic E-state index is 0.00353. The van der Waals surface area contributed by atoms with Crippen LogP contribution in [0.3, 0.4) is 0 Å². The lowest BCUT2D eigenvalue weighted by Crippen LogP contribution is -2.26. The number of benzene rings is 1. The van der Waals surface area contributed by atoms with Gasteiger partial charge in [-0.25, -0.2) is 4.98 Å². The third kappa shape index (κ3) is 3.63. The highest BCUT2D eigenvalue weighted by molar-refractivity contribution is 6.33. The molecule has 0 spiro atoms. The number of amides is 1. The first kappa shape index (κ1) is 20.0. The zero-order chi connectivity index (χ0) is 21.5. The summed E-state index contributed by atoms with van der Waals surface area (Å²) in [5.41, 5.74) is 0.128. The Balaban J connectivity index is 1.60. The second-order valence-corrected chi connectivity index (χ2v) is 6.96. The molecule has 0 saturated heterocycles. The number of aromatic nitrogens is 3. The van der Waals surface area contributed by atoms with Gasteiger partial charge in [-0.05, 0) is 42.5 Å². The Morgan fingerprint density at radius 2 is 1.90 bits per heavy atom.